The molecule has 0 atom stereocenters. The molecule has 0 amide bonds. The van der Waals surface area contributed by atoms with E-state index < -0.39 is 0 Å². The minimum absolute atomic E-state index is 0.125. The molecule has 0 spiro atoms. The molecule has 0 aromatic heterocycles. The molecule has 2 nitrogen and oxygen atoms in total. The lowest BCUT2D eigenvalue weighted by molar-refractivity contribution is -0.129. The van der Waals surface area contributed by atoms with E-state index in [0.717, 1.165) is 32.1 Å². The smallest absolute Gasteiger partial charge is 0.146 e. The van der Waals surface area contributed by atoms with Crippen LogP contribution in [0, 0.1) is 5.41 Å². The van der Waals surface area contributed by atoms with Gasteiger partial charge in [0.25, 0.3) is 0 Å². The van der Waals surface area contributed by atoms with Gasteiger partial charge in [-0.1, -0.05) is 26.7 Å². The Hall–Kier alpha value is -0.660. The van der Waals surface area contributed by atoms with E-state index in [0.29, 0.717) is 6.42 Å². The molecular formula is C12H20O2. The Morgan fingerprint density at radius 2 is 1.86 bits per heavy atom. The van der Waals surface area contributed by atoms with Gasteiger partial charge in [-0.15, -0.1) is 0 Å². The standard InChI is InChI=1S/C12H20O2/c1-3-4-5-6-10(13)9-11(14)12(2)7-8-12/h3-9H2,1-2H3. The van der Waals surface area contributed by atoms with Gasteiger partial charge in [0, 0.05) is 11.8 Å². The summed E-state index contributed by atoms with van der Waals surface area (Å²) in [6.07, 6.45) is 5.90. The number of Topliss-reactive ketones (excluding diaryl/α,β-unsaturated/α-hetero) is 2. The van der Waals surface area contributed by atoms with Crippen molar-refractivity contribution in [1.29, 1.82) is 0 Å². The summed E-state index contributed by atoms with van der Waals surface area (Å²) in [5.74, 6) is 0.301. The summed E-state index contributed by atoms with van der Waals surface area (Å²) in [5, 5.41) is 0. The van der Waals surface area contributed by atoms with Gasteiger partial charge >= 0.3 is 0 Å². The first-order valence-electron chi connectivity index (χ1n) is 5.63. The predicted molar refractivity (Wildman–Crippen MR) is 56.1 cm³/mol. The van der Waals surface area contributed by atoms with Crippen LogP contribution in [0.3, 0.4) is 0 Å². The minimum Gasteiger partial charge on any atom is -0.299 e. The molecule has 2 heteroatoms. The second-order valence-corrected chi connectivity index (χ2v) is 4.66. The topological polar surface area (TPSA) is 34.1 Å². The van der Waals surface area contributed by atoms with Gasteiger partial charge in [0.2, 0.25) is 0 Å². The van der Waals surface area contributed by atoms with Crippen LogP contribution in [0.1, 0.15) is 58.8 Å². The maximum absolute atomic E-state index is 11.5. The van der Waals surface area contributed by atoms with Crippen LogP contribution < -0.4 is 0 Å². The van der Waals surface area contributed by atoms with Crippen LogP contribution in [0.5, 0.6) is 0 Å². The van der Waals surface area contributed by atoms with E-state index in [2.05, 4.69) is 6.92 Å². The summed E-state index contributed by atoms with van der Waals surface area (Å²) in [6.45, 7) is 4.08. The van der Waals surface area contributed by atoms with Crippen molar-refractivity contribution in [3.63, 3.8) is 0 Å². The molecule has 0 unspecified atom stereocenters. The number of carbonyl (C=O) groups excluding carboxylic acids is 2. The molecule has 0 aromatic carbocycles. The monoisotopic (exact) mass is 196 g/mol. The number of hydrogen-bond donors (Lipinski definition) is 0. The second-order valence-electron chi connectivity index (χ2n) is 4.66. The fourth-order valence-electron chi connectivity index (χ4n) is 1.52. The molecule has 80 valence electrons. The van der Waals surface area contributed by atoms with Crippen molar-refractivity contribution in [2.75, 3.05) is 0 Å². The fourth-order valence-corrected chi connectivity index (χ4v) is 1.52. The molecule has 0 bridgehead atoms. The van der Waals surface area contributed by atoms with E-state index in [9.17, 15) is 9.59 Å². The molecule has 0 radical (unpaired) electrons. The summed E-state index contributed by atoms with van der Waals surface area (Å²) < 4.78 is 0. The van der Waals surface area contributed by atoms with E-state index in [1.807, 2.05) is 6.92 Å². The van der Waals surface area contributed by atoms with Crippen molar-refractivity contribution in [2.45, 2.75) is 58.8 Å². The average molecular weight is 196 g/mol. The lowest BCUT2D eigenvalue weighted by Gasteiger charge is -2.05. The fraction of sp³-hybridized carbons (Fsp3) is 0.833. The Kier molecular flexibility index (Phi) is 3.85. The van der Waals surface area contributed by atoms with Gasteiger partial charge in [-0.2, -0.15) is 0 Å². The number of carbonyl (C=O) groups is 2. The highest BCUT2D eigenvalue weighted by molar-refractivity contribution is 6.02. The van der Waals surface area contributed by atoms with Gasteiger partial charge in [0.05, 0.1) is 6.42 Å². The van der Waals surface area contributed by atoms with Crippen LogP contribution in [-0.4, -0.2) is 11.6 Å². The SMILES string of the molecule is CCCCCC(=O)CC(=O)C1(C)CC1. The third-order valence-corrected chi connectivity index (χ3v) is 3.09. The zero-order chi connectivity index (χ0) is 10.6. The Labute approximate surface area is 86.1 Å². The van der Waals surface area contributed by atoms with Gasteiger partial charge in [-0.25, -0.2) is 0 Å². The van der Waals surface area contributed by atoms with Crippen molar-refractivity contribution < 1.29 is 9.59 Å². The van der Waals surface area contributed by atoms with Crippen LogP contribution in [0.2, 0.25) is 0 Å². The van der Waals surface area contributed by atoms with Crippen molar-refractivity contribution in [3.05, 3.63) is 0 Å². The Balaban J connectivity index is 2.17. The van der Waals surface area contributed by atoms with Gasteiger partial charge < -0.3 is 0 Å². The third-order valence-electron chi connectivity index (χ3n) is 3.09. The van der Waals surface area contributed by atoms with E-state index in [4.69, 9.17) is 0 Å². The van der Waals surface area contributed by atoms with E-state index in [1.165, 1.54) is 0 Å². The highest BCUT2D eigenvalue weighted by atomic mass is 16.1. The quantitative estimate of drug-likeness (QED) is 0.463. The number of ketones is 2. The largest absolute Gasteiger partial charge is 0.299 e. The number of hydrogen-bond acceptors (Lipinski definition) is 2. The molecule has 1 rings (SSSR count). The molecule has 0 aliphatic heterocycles. The van der Waals surface area contributed by atoms with Gasteiger partial charge in [0.15, 0.2) is 0 Å². The van der Waals surface area contributed by atoms with E-state index >= 15 is 0 Å². The molecule has 0 heterocycles. The lowest BCUT2D eigenvalue weighted by Crippen LogP contribution is -2.16. The van der Waals surface area contributed by atoms with Crippen LogP contribution in [0.25, 0.3) is 0 Å². The zero-order valence-corrected chi connectivity index (χ0v) is 9.27. The normalized spacial score (nSPS) is 17.9. The first kappa shape index (κ1) is 11.4. The van der Waals surface area contributed by atoms with Gasteiger partial charge in [-0.3, -0.25) is 9.59 Å². The highest BCUT2D eigenvalue weighted by Gasteiger charge is 2.44. The van der Waals surface area contributed by atoms with Crippen LogP contribution in [0.15, 0.2) is 0 Å². The van der Waals surface area contributed by atoms with Crippen LogP contribution >= 0.6 is 0 Å². The second kappa shape index (κ2) is 4.72. The van der Waals surface area contributed by atoms with Gasteiger partial charge in [0.1, 0.15) is 11.6 Å². The molecule has 1 fully saturated rings. The maximum atomic E-state index is 11.5. The third kappa shape index (κ3) is 3.24. The summed E-state index contributed by atoms with van der Waals surface area (Å²) in [4.78, 5) is 22.9. The number of unbranched alkanes of at least 4 members (excludes halogenated alkanes) is 2. The van der Waals surface area contributed by atoms with Crippen molar-refractivity contribution in [3.8, 4) is 0 Å². The van der Waals surface area contributed by atoms with Crippen LogP contribution in [0.4, 0.5) is 0 Å². The molecule has 1 aliphatic rings. The Morgan fingerprint density at radius 3 is 2.36 bits per heavy atom. The van der Waals surface area contributed by atoms with Crippen LogP contribution in [-0.2, 0) is 9.59 Å². The lowest BCUT2D eigenvalue weighted by atomic mass is 9.97. The Bertz CT molecular complexity index is 226. The summed E-state index contributed by atoms with van der Waals surface area (Å²) in [5.41, 5.74) is -0.125. The van der Waals surface area contributed by atoms with E-state index in [1.54, 1.807) is 0 Å². The summed E-state index contributed by atoms with van der Waals surface area (Å²) in [7, 11) is 0. The molecule has 14 heavy (non-hydrogen) atoms. The first-order chi connectivity index (χ1) is 6.58. The highest BCUT2D eigenvalue weighted by Crippen LogP contribution is 2.46. The summed E-state index contributed by atoms with van der Waals surface area (Å²) in [6, 6.07) is 0. The number of rotatable bonds is 7. The van der Waals surface area contributed by atoms with E-state index in [-0.39, 0.29) is 23.4 Å². The maximum Gasteiger partial charge on any atom is 0.146 e. The molecule has 1 saturated carbocycles. The minimum atomic E-state index is -0.125. The molecule has 0 saturated heterocycles. The average Bonchev–Trinajstić information content (AvgIpc) is 2.85. The molecule has 1 aliphatic carbocycles. The Morgan fingerprint density at radius 1 is 1.21 bits per heavy atom. The predicted octanol–water partition coefficient (Wildman–Crippen LogP) is 2.90. The molecule has 0 N–H and O–H groups in total. The van der Waals surface area contributed by atoms with Crippen molar-refractivity contribution in [2.24, 2.45) is 5.41 Å². The van der Waals surface area contributed by atoms with Crippen molar-refractivity contribution >= 4 is 11.6 Å². The first-order valence-corrected chi connectivity index (χ1v) is 5.63. The zero-order valence-electron chi connectivity index (χ0n) is 9.27. The summed E-state index contributed by atoms with van der Waals surface area (Å²) >= 11 is 0. The van der Waals surface area contributed by atoms with Crippen molar-refractivity contribution in [1.82, 2.24) is 0 Å². The molecule has 0 aromatic rings. The van der Waals surface area contributed by atoms with Gasteiger partial charge in [-0.05, 0) is 19.3 Å². The molecular weight excluding hydrogens is 176 g/mol.